The molecular formula is C11H23N3O. The van der Waals surface area contributed by atoms with Crippen LogP contribution >= 0.6 is 0 Å². The van der Waals surface area contributed by atoms with Gasteiger partial charge >= 0.3 is 0 Å². The van der Waals surface area contributed by atoms with Crippen LogP contribution in [0.4, 0.5) is 0 Å². The van der Waals surface area contributed by atoms with Gasteiger partial charge in [-0.05, 0) is 12.8 Å². The van der Waals surface area contributed by atoms with E-state index in [-0.39, 0.29) is 0 Å². The largest absolute Gasteiger partial charge is 0.385 e. The monoisotopic (exact) mass is 213 g/mol. The number of piperazine rings is 3. The van der Waals surface area contributed by atoms with Gasteiger partial charge in [-0.2, -0.15) is 0 Å². The fourth-order valence-electron chi connectivity index (χ4n) is 2.72. The van der Waals surface area contributed by atoms with Crippen LogP contribution in [-0.2, 0) is 4.74 Å². The van der Waals surface area contributed by atoms with E-state index in [1.165, 1.54) is 32.7 Å². The zero-order chi connectivity index (χ0) is 10.7. The van der Waals surface area contributed by atoms with Crippen LogP contribution in [0, 0.1) is 0 Å². The maximum Gasteiger partial charge on any atom is 0.0462 e. The maximum atomic E-state index is 6.25. The zero-order valence-corrected chi connectivity index (χ0v) is 9.69. The number of ether oxygens (including phenoxy) is 1. The lowest BCUT2D eigenvalue weighted by atomic mass is 9.97. The van der Waals surface area contributed by atoms with E-state index in [4.69, 9.17) is 10.5 Å². The Hall–Kier alpha value is -0.160. The fraction of sp³-hybridized carbons (Fsp3) is 1.00. The molecule has 0 spiro atoms. The third-order valence-corrected chi connectivity index (χ3v) is 3.70. The molecule has 3 aliphatic heterocycles. The van der Waals surface area contributed by atoms with Crippen molar-refractivity contribution in [1.29, 1.82) is 0 Å². The second-order valence-electron chi connectivity index (χ2n) is 4.70. The summed E-state index contributed by atoms with van der Waals surface area (Å²) < 4.78 is 5.06. The molecule has 2 unspecified atom stereocenters. The number of fused-ring (bicyclic) bond motifs is 3. The van der Waals surface area contributed by atoms with Crippen molar-refractivity contribution in [2.75, 3.05) is 46.4 Å². The Morgan fingerprint density at radius 2 is 2.07 bits per heavy atom. The van der Waals surface area contributed by atoms with E-state index in [0.717, 1.165) is 19.4 Å². The molecule has 0 amide bonds. The van der Waals surface area contributed by atoms with Crippen LogP contribution in [0.3, 0.4) is 0 Å². The number of methoxy groups -OCH3 is 1. The van der Waals surface area contributed by atoms with Crippen LogP contribution in [0.25, 0.3) is 0 Å². The van der Waals surface area contributed by atoms with Crippen LogP contribution in [0.15, 0.2) is 0 Å². The summed E-state index contributed by atoms with van der Waals surface area (Å²) in [4.78, 5) is 5.11. The minimum atomic E-state index is 0.322. The molecule has 3 saturated heterocycles. The van der Waals surface area contributed by atoms with Gasteiger partial charge in [0.05, 0.1) is 0 Å². The molecule has 2 atom stereocenters. The minimum Gasteiger partial charge on any atom is -0.385 e. The third kappa shape index (κ3) is 2.69. The van der Waals surface area contributed by atoms with Gasteiger partial charge in [0.15, 0.2) is 0 Å². The summed E-state index contributed by atoms with van der Waals surface area (Å²) in [6.07, 6.45) is 2.17. The van der Waals surface area contributed by atoms with Crippen molar-refractivity contribution in [2.45, 2.75) is 24.9 Å². The standard InChI is InChI=1S/C11H23N3O/c1-15-8-2-3-10(12)11-9-13-4-6-14(11)7-5-13/h10-11H,2-9,12H2,1H3. The van der Waals surface area contributed by atoms with Crippen LogP contribution in [0.1, 0.15) is 12.8 Å². The molecule has 0 aromatic rings. The molecule has 15 heavy (non-hydrogen) atoms. The summed E-state index contributed by atoms with van der Waals surface area (Å²) in [6, 6.07) is 0.910. The second-order valence-corrected chi connectivity index (χ2v) is 4.70. The molecule has 2 bridgehead atoms. The van der Waals surface area contributed by atoms with Crippen molar-refractivity contribution < 1.29 is 4.74 Å². The first-order chi connectivity index (χ1) is 7.31. The van der Waals surface area contributed by atoms with Gasteiger partial charge in [0.1, 0.15) is 0 Å². The van der Waals surface area contributed by atoms with Gasteiger partial charge in [-0.3, -0.25) is 9.80 Å². The van der Waals surface area contributed by atoms with Gasteiger partial charge in [0.25, 0.3) is 0 Å². The molecule has 4 heteroatoms. The van der Waals surface area contributed by atoms with E-state index in [9.17, 15) is 0 Å². The number of hydrogen-bond donors (Lipinski definition) is 1. The van der Waals surface area contributed by atoms with E-state index in [2.05, 4.69) is 9.80 Å². The molecule has 3 heterocycles. The highest BCUT2D eigenvalue weighted by atomic mass is 16.5. The first-order valence-corrected chi connectivity index (χ1v) is 6.02. The molecule has 0 aromatic heterocycles. The highest BCUT2D eigenvalue weighted by molar-refractivity contribution is 4.93. The Morgan fingerprint density at radius 1 is 1.33 bits per heavy atom. The summed E-state index contributed by atoms with van der Waals surface area (Å²) in [5.41, 5.74) is 6.25. The van der Waals surface area contributed by atoms with Gasteiger partial charge in [0, 0.05) is 58.5 Å². The highest BCUT2D eigenvalue weighted by Crippen LogP contribution is 2.19. The Morgan fingerprint density at radius 3 is 2.60 bits per heavy atom. The SMILES string of the molecule is COCCCC(N)C1CN2CCN1CC2. The molecule has 2 N–H and O–H groups in total. The van der Waals surface area contributed by atoms with E-state index in [1.807, 2.05) is 0 Å². The van der Waals surface area contributed by atoms with E-state index >= 15 is 0 Å². The third-order valence-electron chi connectivity index (χ3n) is 3.70. The molecule has 4 nitrogen and oxygen atoms in total. The minimum absolute atomic E-state index is 0.322. The Labute approximate surface area is 92.4 Å². The molecule has 3 aliphatic rings. The Kier molecular flexibility index (Phi) is 3.97. The van der Waals surface area contributed by atoms with E-state index in [0.29, 0.717) is 12.1 Å². The summed E-state index contributed by atoms with van der Waals surface area (Å²) in [5, 5.41) is 0. The lowest BCUT2D eigenvalue weighted by molar-refractivity contribution is 0.000426. The van der Waals surface area contributed by atoms with Gasteiger partial charge in [-0.25, -0.2) is 0 Å². The lowest BCUT2D eigenvalue weighted by Crippen LogP contribution is -2.65. The van der Waals surface area contributed by atoms with Crippen LogP contribution in [-0.4, -0.2) is 68.3 Å². The molecule has 0 aliphatic carbocycles. The molecule has 3 fully saturated rings. The summed E-state index contributed by atoms with van der Waals surface area (Å²) in [7, 11) is 1.75. The molecular weight excluding hydrogens is 190 g/mol. The molecule has 0 aromatic carbocycles. The van der Waals surface area contributed by atoms with Crippen molar-refractivity contribution >= 4 is 0 Å². The zero-order valence-electron chi connectivity index (χ0n) is 9.69. The van der Waals surface area contributed by atoms with Crippen molar-refractivity contribution in [3.05, 3.63) is 0 Å². The average Bonchev–Trinajstić information content (AvgIpc) is 2.30. The molecule has 88 valence electrons. The van der Waals surface area contributed by atoms with Crippen LogP contribution < -0.4 is 5.73 Å². The number of hydrogen-bond acceptors (Lipinski definition) is 4. The number of nitrogens with two attached hydrogens (primary N) is 1. The summed E-state index contributed by atoms with van der Waals surface area (Å²) >= 11 is 0. The predicted octanol–water partition coefficient (Wildman–Crippen LogP) is -0.260. The van der Waals surface area contributed by atoms with Crippen molar-refractivity contribution in [1.82, 2.24) is 9.80 Å². The fourth-order valence-corrected chi connectivity index (χ4v) is 2.72. The average molecular weight is 213 g/mol. The van der Waals surface area contributed by atoms with Gasteiger partial charge in [-0.1, -0.05) is 0 Å². The Bertz CT molecular complexity index is 192. The lowest BCUT2D eigenvalue weighted by Gasteiger charge is -2.49. The summed E-state index contributed by atoms with van der Waals surface area (Å²) in [5.74, 6) is 0. The highest BCUT2D eigenvalue weighted by Gasteiger charge is 2.34. The van der Waals surface area contributed by atoms with Crippen molar-refractivity contribution in [3.8, 4) is 0 Å². The van der Waals surface area contributed by atoms with Gasteiger partial charge in [0.2, 0.25) is 0 Å². The number of nitrogens with zero attached hydrogens (tertiary/aromatic N) is 2. The normalized spacial score (nSPS) is 36.8. The Balaban J connectivity index is 1.77. The van der Waals surface area contributed by atoms with Crippen molar-refractivity contribution in [2.24, 2.45) is 5.73 Å². The molecule has 0 saturated carbocycles. The number of rotatable bonds is 5. The maximum absolute atomic E-state index is 6.25. The molecule has 3 rings (SSSR count). The predicted molar refractivity (Wildman–Crippen MR) is 60.9 cm³/mol. The smallest absolute Gasteiger partial charge is 0.0462 e. The van der Waals surface area contributed by atoms with Crippen LogP contribution in [0.5, 0.6) is 0 Å². The van der Waals surface area contributed by atoms with Gasteiger partial charge < -0.3 is 10.5 Å². The van der Waals surface area contributed by atoms with Crippen LogP contribution in [0.2, 0.25) is 0 Å². The van der Waals surface area contributed by atoms with Crippen molar-refractivity contribution in [3.63, 3.8) is 0 Å². The second kappa shape index (κ2) is 5.25. The summed E-state index contributed by atoms with van der Waals surface area (Å²) in [6.45, 7) is 6.91. The first kappa shape index (κ1) is 11.3. The first-order valence-electron chi connectivity index (χ1n) is 6.02. The van der Waals surface area contributed by atoms with E-state index < -0.39 is 0 Å². The molecule has 0 radical (unpaired) electrons. The quantitative estimate of drug-likeness (QED) is 0.639. The topological polar surface area (TPSA) is 41.7 Å². The van der Waals surface area contributed by atoms with E-state index in [1.54, 1.807) is 7.11 Å². The van der Waals surface area contributed by atoms with Gasteiger partial charge in [-0.15, -0.1) is 0 Å².